The third-order valence-corrected chi connectivity index (χ3v) is 6.82. The zero-order chi connectivity index (χ0) is 23.3. The highest BCUT2D eigenvalue weighted by Gasteiger charge is 2.26. The van der Waals surface area contributed by atoms with Gasteiger partial charge in [0.1, 0.15) is 17.7 Å². The molecular weight excluding hydrogens is 464 g/mol. The number of hydrogen-bond donors (Lipinski definition) is 1. The molecule has 1 N–H and O–H groups in total. The minimum Gasteiger partial charge on any atom is -0.465 e. The summed E-state index contributed by atoms with van der Waals surface area (Å²) in [6, 6.07) is 6.18. The van der Waals surface area contributed by atoms with E-state index < -0.39 is 39.8 Å². The Balaban J connectivity index is 1.77. The Kier molecular flexibility index (Phi) is 8.16. The molecule has 1 aromatic carbocycles. The summed E-state index contributed by atoms with van der Waals surface area (Å²) < 4.78 is 60.1. The summed E-state index contributed by atoms with van der Waals surface area (Å²) in [4.78, 5) is 17.5. The molecule has 2 heterocycles. The Labute approximate surface area is 190 Å². The van der Waals surface area contributed by atoms with E-state index in [9.17, 15) is 22.0 Å². The van der Waals surface area contributed by atoms with Crippen LogP contribution in [0.4, 0.5) is 8.78 Å². The predicted molar refractivity (Wildman–Crippen MR) is 116 cm³/mol. The minimum absolute atomic E-state index is 0.116. The van der Waals surface area contributed by atoms with E-state index in [0.29, 0.717) is 31.5 Å². The summed E-state index contributed by atoms with van der Waals surface area (Å²) >= 11 is 5.91. The summed E-state index contributed by atoms with van der Waals surface area (Å²) in [5, 5.41) is -0.116. The maximum atomic E-state index is 13.6. The molecule has 1 saturated heterocycles. The standard InChI is InChI=1S/C21H24ClF2N3O4S/c1-31-21(28)15-2-4-17(25-11-15)13-32(29,30)26-20(12-27-8-6-16(23)7-9-27)14-3-5-19(24)18(22)10-14/h2-5,10-11,16,20,26H,6-9,12-13H2,1H3. The number of benzene rings is 1. The van der Waals surface area contributed by atoms with E-state index in [1.54, 1.807) is 0 Å². The van der Waals surface area contributed by atoms with E-state index >= 15 is 0 Å². The van der Waals surface area contributed by atoms with Crippen LogP contribution in [0.25, 0.3) is 0 Å². The van der Waals surface area contributed by atoms with E-state index in [1.165, 1.54) is 43.6 Å². The van der Waals surface area contributed by atoms with Gasteiger partial charge in [0.15, 0.2) is 0 Å². The van der Waals surface area contributed by atoms with Crippen LogP contribution in [0, 0.1) is 5.82 Å². The molecule has 0 amide bonds. The fraction of sp³-hybridized carbons (Fsp3) is 0.429. The average Bonchev–Trinajstić information content (AvgIpc) is 2.76. The van der Waals surface area contributed by atoms with Crippen molar-refractivity contribution in [1.29, 1.82) is 0 Å². The SMILES string of the molecule is COC(=O)c1ccc(CS(=O)(=O)NC(CN2CCC(F)CC2)c2ccc(F)c(Cl)c2)nc1. The molecule has 2 aromatic rings. The van der Waals surface area contributed by atoms with Gasteiger partial charge >= 0.3 is 5.97 Å². The molecule has 32 heavy (non-hydrogen) atoms. The molecule has 1 atom stereocenters. The summed E-state index contributed by atoms with van der Waals surface area (Å²) in [6.45, 7) is 1.26. The molecule has 1 fully saturated rings. The minimum atomic E-state index is -3.87. The van der Waals surface area contributed by atoms with Crippen molar-refractivity contribution in [2.45, 2.75) is 30.8 Å². The first-order chi connectivity index (χ1) is 15.2. The maximum Gasteiger partial charge on any atom is 0.339 e. The molecule has 11 heteroatoms. The highest BCUT2D eigenvalue weighted by atomic mass is 35.5. The number of alkyl halides is 1. The molecule has 0 spiro atoms. The quantitative estimate of drug-likeness (QED) is 0.575. The molecule has 1 aromatic heterocycles. The zero-order valence-corrected chi connectivity index (χ0v) is 19.0. The first-order valence-electron chi connectivity index (χ1n) is 10.0. The van der Waals surface area contributed by atoms with Crippen LogP contribution in [0.1, 0.15) is 40.5 Å². The zero-order valence-electron chi connectivity index (χ0n) is 17.4. The van der Waals surface area contributed by atoms with Crippen LogP contribution >= 0.6 is 11.6 Å². The van der Waals surface area contributed by atoms with Gasteiger partial charge in [-0.15, -0.1) is 0 Å². The molecule has 3 rings (SSSR count). The lowest BCUT2D eigenvalue weighted by Gasteiger charge is -2.32. The number of aromatic nitrogens is 1. The molecule has 1 unspecified atom stereocenters. The van der Waals surface area contributed by atoms with Gasteiger partial charge in [-0.05, 0) is 42.7 Å². The first kappa shape index (κ1) is 24.5. The van der Waals surface area contributed by atoms with Crippen LogP contribution in [0.3, 0.4) is 0 Å². The molecule has 0 radical (unpaired) electrons. The number of carbonyl (C=O) groups is 1. The number of piperidine rings is 1. The highest BCUT2D eigenvalue weighted by Crippen LogP contribution is 2.24. The third-order valence-electron chi connectivity index (χ3n) is 5.21. The van der Waals surface area contributed by atoms with E-state index in [1.807, 2.05) is 4.90 Å². The van der Waals surface area contributed by atoms with Crippen molar-refractivity contribution < 1.29 is 26.7 Å². The van der Waals surface area contributed by atoms with Crippen molar-refractivity contribution in [3.05, 3.63) is 64.2 Å². The molecule has 0 bridgehead atoms. The van der Waals surface area contributed by atoms with Crippen molar-refractivity contribution in [2.24, 2.45) is 0 Å². The van der Waals surface area contributed by atoms with Gasteiger partial charge in [-0.2, -0.15) is 0 Å². The number of rotatable bonds is 8. The first-order valence-corrected chi connectivity index (χ1v) is 12.0. The monoisotopic (exact) mass is 487 g/mol. The maximum absolute atomic E-state index is 13.6. The number of carbonyl (C=O) groups excluding carboxylic acids is 1. The molecular formula is C21H24ClF2N3O4S. The van der Waals surface area contributed by atoms with Crippen LogP contribution in [-0.4, -0.2) is 57.2 Å². The van der Waals surface area contributed by atoms with E-state index in [-0.39, 0.29) is 22.8 Å². The van der Waals surface area contributed by atoms with Crippen molar-refractivity contribution in [3.63, 3.8) is 0 Å². The van der Waals surface area contributed by atoms with Gasteiger partial charge in [-0.25, -0.2) is 26.7 Å². The summed E-state index contributed by atoms with van der Waals surface area (Å²) in [5.41, 5.74) is 0.937. The van der Waals surface area contributed by atoms with Gasteiger partial charge in [-0.3, -0.25) is 4.98 Å². The Morgan fingerprint density at radius 2 is 2.03 bits per heavy atom. The molecule has 174 valence electrons. The number of hydrogen-bond acceptors (Lipinski definition) is 6. The van der Waals surface area contributed by atoms with Gasteiger partial charge in [0.25, 0.3) is 0 Å². The molecule has 0 aliphatic carbocycles. The van der Waals surface area contributed by atoms with Gasteiger partial charge in [0.2, 0.25) is 10.0 Å². The highest BCUT2D eigenvalue weighted by molar-refractivity contribution is 7.88. The second-order valence-electron chi connectivity index (χ2n) is 7.61. The smallest absolute Gasteiger partial charge is 0.339 e. The predicted octanol–water partition coefficient (Wildman–Crippen LogP) is 3.26. The molecule has 7 nitrogen and oxygen atoms in total. The van der Waals surface area contributed by atoms with Crippen LogP contribution < -0.4 is 4.72 Å². The fourth-order valence-corrected chi connectivity index (χ4v) is 4.96. The Morgan fingerprint density at radius 1 is 1.31 bits per heavy atom. The molecule has 1 aliphatic rings. The summed E-state index contributed by atoms with van der Waals surface area (Å²) in [5.74, 6) is -1.60. The number of nitrogens with one attached hydrogen (secondary N) is 1. The molecule has 0 saturated carbocycles. The van der Waals surface area contributed by atoms with Crippen molar-refractivity contribution in [1.82, 2.24) is 14.6 Å². The van der Waals surface area contributed by atoms with Crippen LogP contribution in [0.5, 0.6) is 0 Å². The number of nitrogens with zero attached hydrogens (tertiary/aromatic N) is 2. The van der Waals surface area contributed by atoms with Crippen LogP contribution in [0.15, 0.2) is 36.5 Å². The fourth-order valence-electron chi connectivity index (χ4n) is 3.48. The summed E-state index contributed by atoms with van der Waals surface area (Å²) in [6.07, 6.45) is 1.13. The number of halogens is 3. The number of ether oxygens (including phenoxy) is 1. The Hall–Kier alpha value is -2.14. The van der Waals surface area contributed by atoms with Gasteiger partial charge in [0.05, 0.1) is 29.4 Å². The van der Waals surface area contributed by atoms with Crippen molar-refractivity contribution >= 4 is 27.6 Å². The van der Waals surface area contributed by atoms with Crippen LogP contribution in [-0.2, 0) is 20.5 Å². The number of likely N-dealkylation sites (tertiary alicyclic amines) is 1. The lowest BCUT2D eigenvalue weighted by Crippen LogP contribution is -2.42. The molecule has 1 aliphatic heterocycles. The van der Waals surface area contributed by atoms with E-state index in [4.69, 9.17) is 11.6 Å². The summed E-state index contributed by atoms with van der Waals surface area (Å²) in [7, 11) is -2.63. The number of esters is 1. The van der Waals surface area contributed by atoms with E-state index in [0.717, 1.165) is 0 Å². The lowest BCUT2D eigenvalue weighted by molar-refractivity contribution is 0.0600. The topological polar surface area (TPSA) is 88.6 Å². The Morgan fingerprint density at radius 3 is 2.62 bits per heavy atom. The van der Waals surface area contributed by atoms with Gasteiger partial charge in [0, 0.05) is 25.8 Å². The average molecular weight is 488 g/mol. The van der Waals surface area contributed by atoms with Gasteiger partial charge < -0.3 is 9.64 Å². The van der Waals surface area contributed by atoms with Crippen molar-refractivity contribution in [3.8, 4) is 0 Å². The largest absolute Gasteiger partial charge is 0.465 e. The van der Waals surface area contributed by atoms with Crippen molar-refractivity contribution in [2.75, 3.05) is 26.7 Å². The normalized spacial score (nSPS) is 16.6. The number of sulfonamides is 1. The second kappa shape index (κ2) is 10.7. The van der Waals surface area contributed by atoms with E-state index in [2.05, 4.69) is 14.4 Å². The lowest BCUT2D eigenvalue weighted by atomic mass is 10.0. The Bertz CT molecular complexity index is 1050. The van der Waals surface area contributed by atoms with Crippen LogP contribution in [0.2, 0.25) is 5.02 Å². The third kappa shape index (κ3) is 6.68. The second-order valence-corrected chi connectivity index (χ2v) is 9.77. The number of pyridine rings is 1. The number of methoxy groups -OCH3 is 1. The van der Waals surface area contributed by atoms with Gasteiger partial charge in [-0.1, -0.05) is 17.7 Å².